The fourth-order valence-electron chi connectivity index (χ4n) is 4.50. The molecule has 6 nitrogen and oxygen atoms in total. The van der Waals surface area contributed by atoms with E-state index >= 15 is 0 Å². The number of carbonyl (C=O) groups is 2. The lowest BCUT2D eigenvalue weighted by molar-refractivity contribution is 0.0951. The molecule has 0 unspecified atom stereocenters. The van der Waals surface area contributed by atoms with Gasteiger partial charge in [0.25, 0.3) is 5.91 Å². The molecule has 174 valence electrons. The number of aryl methyl sites for hydroxylation is 1. The molecule has 34 heavy (non-hydrogen) atoms. The Morgan fingerprint density at radius 1 is 0.941 bits per heavy atom. The lowest BCUT2D eigenvalue weighted by Crippen LogP contribution is -2.33. The van der Waals surface area contributed by atoms with Gasteiger partial charge in [-0.05, 0) is 66.6 Å². The van der Waals surface area contributed by atoms with Gasteiger partial charge in [-0.1, -0.05) is 49.4 Å². The smallest absolute Gasteiger partial charge is 0.323 e. The van der Waals surface area contributed by atoms with Gasteiger partial charge in [0.2, 0.25) is 0 Å². The van der Waals surface area contributed by atoms with Crippen LogP contribution in [0.5, 0.6) is 0 Å². The molecule has 0 aromatic heterocycles. The van der Waals surface area contributed by atoms with Crippen molar-refractivity contribution in [3.63, 3.8) is 0 Å². The maximum absolute atomic E-state index is 13.2. The fourth-order valence-corrected chi connectivity index (χ4v) is 4.50. The summed E-state index contributed by atoms with van der Waals surface area (Å²) in [5.41, 5.74) is 6.60. The van der Waals surface area contributed by atoms with Gasteiger partial charge >= 0.3 is 6.03 Å². The third-order valence-electron chi connectivity index (χ3n) is 6.53. The number of hydrogen-bond donors (Lipinski definition) is 3. The van der Waals surface area contributed by atoms with Crippen LogP contribution < -0.4 is 20.9 Å². The minimum absolute atomic E-state index is 0.0863. The van der Waals surface area contributed by atoms with Gasteiger partial charge in [-0.15, -0.1) is 0 Å². The summed E-state index contributed by atoms with van der Waals surface area (Å²) in [7, 11) is 0. The zero-order valence-corrected chi connectivity index (χ0v) is 19.4. The number of amides is 3. The van der Waals surface area contributed by atoms with Crippen LogP contribution in [0.1, 0.15) is 46.8 Å². The quantitative estimate of drug-likeness (QED) is 0.470. The highest BCUT2D eigenvalue weighted by atomic mass is 16.2. The van der Waals surface area contributed by atoms with E-state index in [2.05, 4.69) is 52.0 Å². The van der Waals surface area contributed by atoms with Crippen molar-refractivity contribution in [1.82, 2.24) is 5.32 Å². The van der Waals surface area contributed by atoms with Gasteiger partial charge in [0.15, 0.2) is 0 Å². The Bertz CT molecular complexity index is 1220. The normalized spacial score (nSPS) is 14.8. The van der Waals surface area contributed by atoms with Crippen LogP contribution in [-0.2, 0) is 19.4 Å². The van der Waals surface area contributed by atoms with E-state index < -0.39 is 0 Å². The molecule has 0 spiro atoms. The maximum atomic E-state index is 13.2. The second kappa shape index (κ2) is 9.59. The third-order valence-corrected chi connectivity index (χ3v) is 6.53. The molecule has 1 aliphatic carbocycles. The molecule has 0 radical (unpaired) electrons. The van der Waals surface area contributed by atoms with E-state index in [1.807, 2.05) is 36.4 Å². The summed E-state index contributed by atoms with van der Waals surface area (Å²) in [4.78, 5) is 28.1. The largest absolute Gasteiger partial charge is 0.366 e. The predicted octanol–water partition coefficient (Wildman–Crippen LogP) is 5.35. The topological polar surface area (TPSA) is 73.5 Å². The highest BCUT2D eigenvalue weighted by Crippen LogP contribution is 2.30. The van der Waals surface area contributed by atoms with E-state index in [9.17, 15) is 9.59 Å². The zero-order valence-electron chi connectivity index (χ0n) is 19.4. The van der Waals surface area contributed by atoms with Gasteiger partial charge in [-0.3, -0.25) is 4.79 Å². The molecular formula is C28H30N4O2. The Labute approximate surface area is 200 Å². The molecule has 0 bridgehead atoms. The molecule has 5 rings (SSSR count). The number of nitrogens with zero attached hydrogens (tertiary/aromatic N) is 1. The monoisotopic (exact) mass is 454 g/mol. The predicted molar refractivity (Wildman–Crippen MR) is 137 cm³/mol. The second-order valence-electron chi connectivity index (χ2n) is 9.01. The van der Waals surface area contributed by atoms with E-state index in [1.54, 1.807) is 6.07 Å². The minimum atomic E-state index is -0.325. The van der Waals surface area contributed by atoms with Gasteiger partial charge in [-0.2, -0.15) is 0 Å². The van der Waals surface area contributed by atoms with Gasteiger partial charge in [-0.25, -0.2) is 4.79 Å². The van der Waals surface area contributed by atoms with Crippen molar-refractivity contribution in [2.45, 2.75) is 45.2 Å². The van der Waals surface area contributed by atoms with E-state index in [1.165, 1.54) is 11.1 Å². The molecule has 1 saturated carbocycles. The fraction of sp³-hybridized carbons (Fsp3) is 0.286. The number of carbonyl (C=O) groups excluding carboxylic acids is 2. The molecule has 3 aromatic carbocycles. The molecule has 3 N–H and O–H groups in total. The summed E-state index contributed by atoms with van der Waals surface area (Å²) in [6, 6.07) is 21.8. The van der Waals surface area contributed by atoms with E-state index in [4.69, 9.17) is 0 Å². The van der Waals surface area contributed by atoms with Crippen LogP contribution in [0.3, 0.4) is 0 Å². The standard InChI is InChI=1S/C28H30N4O2/c1-2-19-7-5-6-10-25(19)31-28(34)30-23-13-14-26(24(17-23)27(33)29-22-11-12-22)32-16-15-20-8-3-4-9-21(20)18-32/h3-10,13-14,17,22H,2,11-12,15-16,18H2,1H3,(H,29,33)(H2,30,31,34). The Balaban J connectivity index is 1.38. The van der Waals surface area contributed by atoms with Crippen molar-refractivity contribution in [3.05, 3.63) is 89.0 Å². The maximum Gasteiger partial charge on any atom is 0.323 e. The van der Waals surface area contributed by atoms with Gasteiger partial charge in [0.1, 0.15) is 0 Å². The Kier molecular flexibility index (Phi) is 6.21. The van der Waals surface area contributed by atoms with Crippen molar-refractivity contribution >= 4 is 29.0 Å². The van der Waals surface area contributed by atoms with Crippen LogP contribution in [0.15, 0.2) is 66.7 Å². The highest BCUT2D eigenvalue weighted by molar-refractivity contribution is 6.04. The molecule has 3 aromatic rings. The Hall–Kier alpha value is -3.80. The third kappa shape index (κ3) is 4.91. The molecule has 0 atom stereocenters. The van der Waals surface area contributed by atoms with Crippen molar-refractivity contribution in [3.8, 4) is 0 Å². The zero-order chi connectivity index (χ0) is 23.5. The van der Waals surface area contributed by atoms with Crippen molar-refractivity contribution < 1.29 is 9.59 Å². The van der Waals surface area contributed by atoms with Gasteiger partial charge in [0.05, 0.1) is 5.56 Å². The van der Waals surface area contributed by atoms with Crippen LogP contribution in [-0.4, -0.2) is 24.5 Å². The molecule has 1 fully saturated rings. The van der Waals surface area contributed by atoms with Crippen LogP contribution in [0, 0.1) is 0 Å². The molecular weight excluding hydrogens is 424 g/mol. The Morgan fingerprint density at radius 3 is 2.50 bits per heavy atom. The summed E-state index contributed by atoms with van der Waals surface area (Å²) in [6.45, 7) is 3.67. The summed E-state index contributed by atoms with van der Waals surface area (Å²) >= 11 is 0. The highest BCUT2D eigenvalue weighted by Gasteiger charge is 2.27. The van der Waals surface area contributed by atoms with Crippen LogP contribution in [0.25, 0.3) is 0 Å². The van der Waals surface area contributed by atoms with E-state index in [0.29, 0.717) is 11.3 Å². The average Bonchev–Trinajstić information content (AvgIpc) is 3.68. The first-order valence-electron chi connectivity index (χ1n) is 12.0. The van der Waals surface area contributed by atoms with E-state index in [0.717, 1.165) is 55.7 Å². The first-order chi connectivity index (χ1) is 16.6. The summed E-state index contributed by atoms with van der Waals surface area (Å²) in [5.74, 6) is -0.0863. The number of anilines is 3. The number of nitrogens with one attached hydrogen (secondary N) is 3. The summed E-state index contributed by atoms with van der Waals surface area (Å²) < 4.78 is 0. The number of hydrogen-bond acceptors (Lipinski definition) is 3. The number of rotatable bonds is 6. The Morgan fingerprint density at radius 2 is 1.71 bits per heavy atom. The second-order valence-corrected chi connectivity index (χ2v) is 9.01. The van der Waals surface area contributed by atoms with Gasteiger partial charge < -0.3 is 20.9 Å². The molecule has 2 aliphatic rings. The number of urea groups is 1. The first-order valence-corrected chi connectivity index (χ1v) is 12.0. The summed E-state index contributed by atoms with van der Waals surface area (Å²) in [6.07, 6.45) is 3.82. The van der Waals surface area contributed by atoms with Crippen LogP contribution in [0.2, 0.25) is 0 Å². The minimum Gasteiger partial charge on any atom is -0.366 e. The SMILES string of the molecule is CCc1ccccc1NC(=O)Nc1ccc(N2CCc3ccccc3C2)c(C(=O)NC2CC2)c1. The molecule has 1 heterocycles. The lowest BCUT2D eigenvalue weighted by atomic mass is 9.98. The molecule has 0 saturated heterocycles. The molecule has 1 aliphatic heterocycles. The number of fused-ring (bicyclic) bond motifs is 1. The first kappa shape index (κ1) is 22.0. The number of para-hydroxylation sites is 1. The summed E-state index contributed by atoms with van der Waals surface area (Å²) in [5, 5.41) is 8.94. The van der Waals surface area contributed by atoms with Crippen molar-refractivity contribution in [2.24, 2.45) is 0 Å². The van der Waals surface area contributed by atoms with Crippen molar-refractivity contribution in [1.29, 1.82) is 0 Å². The number of benzene rings is 3. The molecule has 6 heteroatoms. The van der Waals surface area contributed by atoms with Gasteiger partial charge in [0, 0.05) is 36.2 Å². The average molecular weight is 455 g/mol. The molecule has 3 amide bonds. The van der Waals surface area contributed by atoms with Crippen molar-refractivity contribution in [2.75, 3.05) is 22.1 Å². The van der Waals surface area contributed by atoms with E-state index in [-0.39, 0.29) is 18.0 Å². The van der Waals surface area contributed by atoms with Crippen LogP contribution in [0.4, 0.5) is 21.9 Å². The van der Waals surface area contributed by atoms with Crippen LogP contribution >= 0.6 is 0 Å². The lowest BCUT2D eigenvalue weighted by Gasteiger charge is -2.32.